The number of aliphatic hydroxyl groups is 1. The van der Waals surface area contributed by atoms with E-state index >= 15 is 0 Å². The fourth-order valence-electron chi connectivity index (χ4n) is 1.42. The Morgan fingerprint density at radius 1 is 1.20 bits per heavy atom. The maximum absolute atomic E-state index is 11.9. The summed E-state index contributed by atoms with van der Waals surface area (Å²) in [6, 6.07) is 6.21. The normalized spacial score (nSPS) is 12.7. The van der Waals surface area contributed by atoms with Gasteiger partial charge in [0.25, 0.3) is 0 Å². The molecule has 0 aliphatic rings. The van der Waals surface area contributed by atoms with Crippen molar-refractivity contribution >= 4 is 21.7 Å². The maximum atomic E-state index is 11.9. The van der Waals surface area contributed by atoms with Crippen LogP contribution in [0.15, 0.2) is 35.2 Å². The van der Waals surface area contributed by atoms with Crippen LogP contribution in [-0.2, 0) is 19.4 Å². The molecule has 0 aliphatic heterocycles. The zero-order valence-corrected chi connectivity index (χ0v) is 11.3. The molecule has 0 aromatic heterocycles. The molecule has 1 rings (SSSR count). The summed E-state index contributed by atoms with van der Waals surface area (Å²) in [5.74, 6) is -2.56. The van der Waals surface area contributed by atoms with Crippen LogP contribution in [0.25, 0.3) is 0 Å². The highest BCUT2D eigenvalue weighted by molar-refractivity contribution is 7.91. The lowest BCUT2D eigenvalue weighted by Crippen LogP contribution is -2.43. The van der Waals surface area contributed by atoms with Gasteiger partial charge in [-0.25, -0.2) is 13.2 Å². The SMILES string of the molecule is O=C(CCS(=O)(=O)c1ccccc1)N[C@H](CO)C(=O)O. The van der Waals surface area contributed by atoms with Gasteiger partial charge in [0.15, 0.2) is 9.84 Å². The maximum Gasteiger partial charge on any atom is 0.328 e. The van der Waals surface area contributed by atoms with Crippen molar-refractivity contribution in [2.45, 2.75) is 17.4 Å². The lowest BCUT2D eigenvalue weighted by Gasteiger charge is -2.11. The van der Waals surface area contributed by atoms with Crippen molar-refractivity contribution in [3.8, 4) is 0 Å². The van der Waals surface area contributed by atoms with E-state index in [0.717, 1.165) is 0 Å². The zero-order chi connectivity index (χ0) is 15.2. The number of carboxylic acids is 1. The second-order valence-corrected chi connectivity index (χ2v) is 6.13. The Bertz CT molecular complexity index is 569. The van der Waals surface area contributed by atoms with Crippen LogP contribution in [0.2, 0.25) is 0 Å². The highest BCUT2D eigenvalue weighted by atomic mass is 32.2. The van der Waals surface area contributed by atoms with Crippen LogP contribution in [0, 0.1) is 0 Å². The summed E-state index contributed by atoms with van der Waals surface area (Å²) in [6.45, 7) is -0.757. The summed E-state index contributed by atoms with van der Waals surface area (Å²) in [4.78, 5) is 22.1. The number of carbonyl (C=O) groups is 2. The van der Waals surface area contributed by atoms with E-state index in [2.05, 4.69) is 0 Å². The molecule has 1 amide bonds. The highest BCUT2D eigenvalue weighted by Crippen LogP contribution is 2.10. The number of nitrogens with one attached hydrogen (secondary N) is 1. The van der Waals surface area contributed by atoms with Crippen molar-refractivity contribution in [3.05, 3.63) is 30.3 Å². The lowest BCUT2D eigenvalue weighted by atomic mass is 10.3. The Labute approximate surface area is 116 Å². The van der Waals surface area contributed by atoms with Gasteiger partial charge in [-0.3, -0.25) is 4.79 Å². The lowest BCUT2D eigenvalue weighted by molar-refractivity contribution is -0.142. The van der Waals surface area contributed by atoms with E-state index in [0.29, 0.717) is 0 Å². The molecule has 0 unspecified atom stereocenters. The number of carbonyl (C=O) groups excluding carboxylic acids is 1. The number of hydrogen-bond donors (Lipinski definition) is 3. The highest BCUT2D eigenvalue weighted by Gasteiger charge is 2.21. The van der Waals surface area contributed by atoms with E-state index in [1.165, 1.54) is 12.1 Å². The minimum atomic E-state index is -3.59. The fourth-order valence-corrected chi connectivity index (χ4v) is 2.69. The molecule has 0 heterocycles. The Kier molecular flexibility index (Phi) is 5.66. The third-order valence-electron chi connectivity index (χ3n) is 2.52. The Balaban J connectivity index is 2.59. The molecule has 1 aromatic carbocycles. The average molecular weight is 301 g/mol. The molecular weight excluding hydrogens is 286 g/mol. The van der Waals surface area contributed by atoms with Gasteiger partial charge in [-0.15, -0.1) is 0 Å². The Hall–Kier alpha value is -1.93. The predicted octanol–water partition coefficient (Wildman–Crippen LogP) is -0.588. The molecule has 0 aliphatic carbocycles. The van der Waals surface area contributed by atoms with Gasteiger partial charge in [-0.05, 0) is 12.1 Å². The van der Waals surface area contributed by atoms with Gasteiger partial charge < -0.3 is 15.5 Å². The smallest absolute Gasteiger partial charge is 0.328 e. The van der Waals surface area contributed by atoms with E-state index in [9.17, 15) is 18.0 Å². The number of benzene rings is 1. The first-order valence-corrected chi connectivity index (χ1v) is 7.43. The summed E-state index contributed by atoms with van der Waals surface area (Å²) < 4.78 is 23.8. The van der Waals surface area contributed by atoms with Gasteiger partial charge in [-0.2, -0.15) is 0 Å². The van der Waals surface area contributed by atoms with Crippen LogP contribution >= 0.6 is 0 Å². The minimum absolute atomic E-state index is 0.102. The molecule has 0 saturated carbocycles. The predicted molar refractivity (Wildman–Crippen MR) is 69.8 cm³/mol. The van der Waals surface area contributed by atoms with Gasteiger partial charge >= 0.3 is 5.97 Å². The quantitative estimate of drug-likeness (QED) is 0.619. The standard InChI is InChI=1S/C12H15NO6S/c14-8-10(12(16)17)13-11(15)6-7-20(18,19)9-4-2-1-3-5-9/h1-5,10,14H,6-8H2,(H,13,15)(H,16,17)/t10-/m1/s1. The molecule has 7 nitrogen and oxygen atoms in total. The van der Waals surface area contributed by atoms with Crippen LogP contribution in [0.1, 0.15) is 6.42 Å². The molecule has 8 heteroatoms. The van der Waals surface area contributed by atoms with Crippen molar-refractivity contribution in [2.24, 2.45) is 0 Å². The van der Waals surface area contributed by atoms with Crippen LogP contribution in [0.5, 0.6) is 0 Å². The molecule has 3 N–H and O–H groups in total. The topological polar surface area (TPSA) is 121 Å². The van der Waals surface area contributed by atoms with Crippen molar-refractivity contribution in [3.63, 3.8) is 0 Å². The first kappa shape index (κ1) is 16.1. The van der Waals surface area contributed by atoms with Crippen LogP contribution in [0.3, 0.4) is 0 Å². The molecule has 0 radical (unpaired) electrons. The summed E-state index contributed by atoms with van der Waals surface area (Å²) in [5.41, 5.74) is 0. The molecule has 1 aromatic rings. The number of aliphatic carboxylic acids is 1. The van der Waals surface area contributed by atoms with E-state index in [-0.39, 0.29) is 11.3 Å². The van der Waals surface area contributed by atoms with E-state index < -0.39 is 40.1 Å². The Morgan fingerprint density at radius 3 is 2.30 bits per heavy atom. The second-order valence-electron chi connectivity index (χ2n) is 4.02. The van der Waals surface area contributed by atoms with E-state index in [1.807, 2.05) is 5.32 Å². The number of rotatable bonds is 7. The summed E-state index contributed by atoms with van der Waals surface area (Å²) in [7, 11) is -3.59. The van der Waals surface area contributed by atoms with Crippen LogP contribution in [0.4, 0.5) is 0 Å². The molecule has 110 valence electrons. The molecule has 20 heavy (non-hydrogen) atoms. The third kappa shape index (κ3) is 4.63. The van der Waals surface area contributed by atoms with Gasteiger partial charge in [0, 0.05) is 6.42 Å². The van der Waals surface area contributed by atoms with Crippen molar-refractivity contribution in [1.82, 2.24) is 5.32 Å². The Morgan fingerprint density at radius 2 is 1.80 bits per heavy atom. The summed E-state index contributed by atoms with van der Waals surface area (Å²) in [6.07, 6.45) is -0.374. The summed E-state index contributed by atoms with van der Waals surface area (Å²) in [5, 5.41) is 19.4. The number of amides is 1. The van der Waals surface area contributed by atoms with Crippen LogP contribution in [-0.4, -0.2) is 48.9 Å². The van der Waals surface area contributed by atoms with Gasteiger partial charge in [0.1, 0.15) is 6.04 Å². The monoisotopic (exact) mass is 301 g/mol. The molecule has 0 spiro atoms. The number of sulfone groups is 1. The number of hydrogen-bond acceptors (Lipinski definition) is 5. The number of carboxylic acid groups (broad SMARTS) is 1. The van der Waals surface area contributed by atoms with Gasteiger partial charge in [-0.1, -0.05) is 18.2 Å². The zero-order valence-electron chi connectivity index (χ0n) is 10.5. The van der Waals surface area contributed by atoms with Crippen molar-refractivity contribution in [1.29, 1.82) is 0 Å². The molecule has 0 saturated heterocycles. The first-order chi connectivity index (χ1) is 9.36. The second kappa shape index (κ2) is 7.01. The largest absolute Gasteiger partial charge is 0.480 e. The van der Waals surface area contributed by atoms with Crippen molar-refractivity contribution < 1.29 is 28.2 Å². The number of aliphatic hydroxyl groups excluding tert-OH is 1. The van der Waals surface area contributed by atoms with E-state index in [4.69, 9.17) is 10.2 Å². The van der Waals surface area contributed by atoms with Crippen LogP contribution < -0.4 is 5.32 Å². The fraction of sp³-hybridized carbons (Fsp3) is 0.333. The average Bonchev–Trinajstić information content (AvgIpc) is 2.43. The third-order valence-corrected chi connectivity index (χ3v) is 4.25. The molecule has 1 atom stereocenters. The molecular formula is C12H15NO6S. The summed E-state index contributed by atoms with van der Waals surface area (Å²) >= 11 is 0. The van der Waals surface area contributed by atoms with Gasteiger partial charge in [0.05, 0.1) is 17.3 Å². The molecule has 0 fully saturated rings. The molecule has 0 bridgehead atoms. The van der Waals surface area contributed by atoms with Crippen molar-refractivity contribution in [2.75, 3.05) is 12.4 Å². The first-order valence-electron chi connectivity index (χ1n) is 5.77. The van der Waals surface area contributed by atoms with E-state index in [1.54, 1.807) is 18.2 Å². The minimum Gasteiger partial charge on any atom is -0.480 e. The van der Waals surface area contributed by atoms with Gasteiger partial charge in [0.2, 0.25) is 5.91 Å².